The summed E-state index contributed by atoms with van der Waals surface area (Å²) in [7, 11) is 1.26. The average molecular weight is 457 g/mol. The predicted octanol–water partition coefficient (Wildman–Crippen LogP) is 4.60. The fourth-order valence-electron chi connectivity index (χ4n) is 3.12. The molecule has 1 fully saturated rings. The van der Waals surface area contributed by atoms with E-state index in [0.29, 0.717) is 37.4 Å². The number of esters is 1. The van der Waals surface area contributed by atoms with Gasteiger partial charge in [-0.3, -0.25) is 4.90 Å². The SMILES string of the molecule is COC(=O)c1ccc(CN(C(=O)N2CCOCC2)c2cc(C(F)(F)F)ccc2Cl)cc1. The first-order valence-corrected chi connectivity index (χ1v) is 9.76. The summed E-state index contributed by atoms with van der Waals surface area (Å²) in [6.45, 7) is 1.26. The number of hydrogen-bond acceptors (Lipinski definition) is 4. The highest BCUT2D eigenvalue weighted by Crippen LogP contribution is 2.36. The standard InChI is InChI=1S/C21H20ClF3N2O4/c1-30-19(28)15-4-2-14(3-5-15)13-27(20(29)26-8-10-31-11-9-26)18-12-16(21(23,24)25)6-7-17(18)22/h2-7,12H,8-11,13H2,1H3. The van der Waals surface area contributed by atoms with Gasteiger partial charge in [0.15, 0.2) is 0 Å². The van der Waals surface area contributed by atoms with Gasteiger partial charge >= 0.3 is 18.2 Å². The number of methoxy groups -OCH3 is 1. The van der Waals surface area contributed by atoms with E-state index >= 15 is 0 Å². The molecule has 2 aromatic carbocycles. The molecule has 1 heterocycles. The van der Waals surface area contributed by atoms with Crippen molar-refractivity contribution >= 4 is 29.3 Å². The minimum absolute atomic E-state index is 0.0146. The number of amides is 2. The highest BCUT2D eigenvalue weighted by Gasteiger charge is 2.33. The number of halogens is 4. The maximum absolute atomic E-state index is 13.3. The first kappa shape index (κ1) is 22.9. The molecule has 0 N–H and O–H groups in total. The van der Waals surface area contributed by atoms with E-state index in [1.54, 1.807) is 12.1 Å². The number of carbonyl (C=O) groups excluding carboxylic acids is 2. The number of nitrogens with zero attached hydrogens (tertiary/aromatic N) is 2. The van der Waals surface area contributed by atoms with E-state index in [9.17, 15) is 22.8 Å². The van der Waals surface area contributed by atoms with E-state index in [0.717, 1.165) is 18.2 Å². The normalized spacial score (nSPS) is 14.3. The lowest BCUT2D eigenvalue weighted by Gasteiger charge is -2.33. The molecule has 0 unspecified atom stereocenters. The Balaban J connectivity index is 1.97. The predicted molar refractivity (Wildman–Crippen MR) is 108 cm³/mol. The maximum atomic E-state index is 13.3. The smallest absolute Gasteiger partial charge is 0.416 e. The molecule has 2 amide bonds. The fraction of sp³-hybridized carbons (Fsp3) is 0.333. The molecule has 10 heteroatoms. The fourth-order valence-corrected chi connectivity index (χ4v) is 3.34. The Morgan fingerprint density at radius 2 is 1.77 bits per heavy atom. The van der Waals surface area contributed by atoms with E-state index in [2.05, 4.69) is 4.74 Å². The third kappa shape index (κ3) is 5.48. The molecule has 31 heavy (non-hydrogen) atoms. The lowest BCUT2D eigenvalue weighted by atomic mass is 10.1. The van der Waals surface area contributed by atoms with E-state index in [-0.39, 0.29) is 17.3 Å². The Kier molecular flexibility index (Phi) is 7.07. The van der Waals surface area contributed by atoms with Crippen LogP contribution in [0.3, 0.4) is 0 Å². The lowest BCUT2D eigenvalue weighted by Crippen LogP contribution is -2.48. The van der Waals surface area contributed by atoms with Gasteiger partial charge in [-0.15, -0.1) is 0 Å². The summed E-state index contributed by atoms with van der Waals surface area (Å²) in [6, 6.07) is 8.62. The zero-order valence-corrected chi connectivity index (χ0v) is 17.4. The van der Waals surface area contributed by atoms with Crippen molar-refractivity contribution in [2.75, 3.05) is 38.3 Å². The van der Waals surface area contributed by atoms with Crippen LogP contribution in [0.25, 0.3) is 0 Å². The number of hydrogen-bond donors (Lipinski definition) is 0. The molecule has 6 nitrogen and oxygen atoms in total. The van der Waals surface area contributed by atoms with Crippen molar-refractivity contribution < 1.29 is 32.2 Å². The Bertz CT molecular complexity index is 945. The third-order valence-corrected chi connectivity index (χ3v) is 5.11. The van der Waals surface area contributed by atoms with Crippen LogP contribution in [0.2, 0.25) is 5.02 Å². The summed E-state index contributed by atoms with van der Waals surface area (Å²) in [5.41, 5.74) is -0.0464. The van der Waals surface area contributed by atoms with Crippen LogP contribution < -0.4 is 4.90 Å². The van der Waals surface area contributed by atoms with Gasteiger partial charge in [-0.25, -0.2) is 9.59 Å². The van der Waals surface area contributed by atoms with Gasteiger partial charge in [0.25, 0.3) is 0 Å². The zero-order valence-electron chi connectivity index (χ0n) is 16.6. The van der Waals surface area contributed by atoms with Crippen molar-refractivity contribution in [3.8, 4) is 0 Å². The molecule has 2 aromatic rings. The summed E-state index contributed by atoms with van der Waals surface area (Å²) in [5.74, 6) is -0.520. The molecule has 0 bridgehead atoms. The third-order valence-electron chi connectivity index (χ3n) is 4.79. The van der Waals surface area contributed by atoms with Crippen molar-refractivity contribution in [2.24, 2.45) is 0 Å². The summed E-state index contributed by atoms with van der Waals surface area (Å²) < 4.78 is 49.8. The molecule has 0 spiro atoms. The molecule has 0 radical (unpaired) electrons. The molecule has 0 aromatic heterocycles. The quantitative estimate of drug-likeness (QED) is 0.631. The van der Waals surface area contributed by atoms with E-state index in [1.807, 2.05) is 0 Å². The number of anilines is 1. The van der Waals surface area contributed by atoms with Gasteiger partial charge in [-0.05, 0) is 35.9 Å². The zero-order chi connectivity index (χ0) is 22.6. The highest BCUT2D eigenvalue weighted by atomic mass is 35.5. The summed E-state index contributed by atoms with van der Waals surface area (Å²) in [4.78, 5) is 27.6. The van der Waals surface area contributed by atoms with Gasteiger partial charge in [-0.2, -0.15) is 13.2 Å². The summed E-state index contributed by atoms with van der Waals surface area (Å²) in [6.07, 6.45) is -4.59. The molecule has 0 saturated carbocycles. The number of alkyl halides is 3. The van der Waals surface area contributed by atoms with E-state index < -0.39 is 23.7 Å². The van der Waals surface area contributed by atoms with Gasteiger partial charge in [0.05, 0.1) is 48.7 Å². The first-order valence-electron chi connectivity index (χ1n) is 9.39. The molecular formula is C21H20ClF3N2O4. The van der Waals surface area contributed by atoms with Crippen molar-refractivity contribution in [3.63, 3.8) is 0 Å². The second-order valence-corrected chi connectivity index (χ2v) is 7.23. The maximum Gasteiger partial charge on any atom is 0.416 e. The van der Waals surface area contributed by atoms with Gasteiger partial charge in [-0.1, -0.05) is 23.7 Å². The van der Waals surface area contributed by atoms with Crippen LogP contribution in [0.15, 0.2) is 42.5 Å². The number of benzene rings is 2. The van der Waals surface area contributed by atoms with E-state index in [1.165, 1.54) is 29.0 Å². The van der Waals surface area contributed by atoms with Crippen LogP contribution in [-0.2, 0) is 22.2 Å². The topological polar surface area (TPSA) is 59.1 Å². The molecule has 1 aliphatic heterocycles. The summed E-state index contributed by atoms with van der Waals surface area (Å²) in [5, 5.41) is 0.0146. The summed E-state index contributed by atoms with van der Waals surface area (Å²) >= 11 is 6.21. The second kappa shape index (κ2) is 9.57. The molecule has 3 rings (SSSR count). The number of rotatable bonds is 4. The Morgan fingerprint density at radius 1 is 1.13 bits per heavy atom. The molecule has 0 aliphatic carbocycles. The van der Waals surface area contributed by atoms with Gasteiger partial charge in [0, 0.05) is 13.1 Å². The number of carbonyl (C=O) groups is 2. The minimum atomic E-state index is -4.59. The molecular weight excluding hydrogens is 437 g/mol. The molecule has 0 atom stereocenters. The molecule has 1 saturated heterocycles. The Hall–Kier alpha value is -2.78. The van der Waals surface area contributed by atoms with E-state index in [4.69, 9.17) is 16.3 Å². The van der Waals surface area contributed by atoms with Crippen molar-refractivity contribution in [1.82, 2.24) is 4.90 Å². The number of urea groups is 1. The Morgan fingerprint density at radius 3 is 2.35 bits per heavy atom. The number of ether oxygens (including phenoxy) is 2. The van der Waals surface area contributed by atoms with Gasteiger partial charge < -0.3 is 14.4 Å². The van der Waals surface area contributed by atoms with Crippen LogP contribution >= 0.6 is 11.6 Å². The van der Waals surface area contributed by atoms with Crippen molar-refractivity contribution in [1.29, 1.82) is 0 Å². The minimum Gasteiger partial charge on any atom is -0.465 e. The van der Waals surface area contributed by atoms with Crippen LogP contribution in [0.1, 0.15) is 21.5 Å². The van der Waals surface area contributed by atoms with Crippen molar-refractivity contribution in [2.45, 2.75) is 12.7 Å². The van der Waals surface area contributed by atoms with Crippen LogP contribution in [0.4, 0.5) is 23.7 Å². The van der Waals surface area contributed by atoms with Crippen molar-refractivity contribution in [3.05, 3.63) is 64.2 Å². The Labute approximate surface area is 182 Å². The number of morpholine rings is 1. The van der Waals surface area contributed by atoms with Crippen LogP contribution in [0, 0.1) is 0 Å². The van der Waals surface area contributed by atoms with Crippen LogP contribution in [0.5, 0.6) is 0 Å². The lowest BCUT2D eigenvalue weighted by molar-refractivity contribution is -0.137. The average Bonchev–Trinajstić information content (AvgIpc) is 2.77. The molecule has 166 valence electrons. The van der Waals surface area contributed by atoms with Gasteiger partial charge in [0.2, 0.25) is 0 Å². The first-order chi connectivity index (χ1) is 14.7. The highest BCUT2D eigenvalue weighted by molar-refractivity contribution is 6.33. The largest absolute Gasteiger partial charge is 0.465 e. The molecule has 1 aliphatic rings. The van der Waals surface area contributed by atoms with Crippen LogP contribution in [-0.4, -0.2) is 50.3 Å². The second-order valence-electron chi connectivity index (χ2n) is 6.82. The monoisotopic (exact) mass is 456 g/mol. The van der Waals surface area contributed by atoms with Gasteiger partial charge in [0.1, 0.15) is 0 Å².